The van der Waals surface area contributed by atoms with Gasteiger partial charge < -0.3 is 10.7 Å². The van der Waals surface area contributed by atoms with E-state index >= 15 is 0 Å². The summed E-state index contributed by atoms with van der Waals surface area (Å²) < 4.78 is 0. The van der Waals surface area contributed by atoms with Gasteiger partial charge in [0.05, 0.1) is 0 Å². The molecule has 0 saturated carbocycles. The van der Waals surface area contributed by atoms with Gasteiger partial charge in [0.15, 0.2) is 0 Å². The Morgan fingerprint density at radius 3 is 2.73 bits per heavy atom. The fourth-order valence-corrected chi connectivity index (χ4v) is 1.82. The second-order valence-electron chi connectivity index (χ2n) is 4.02. The molecular formula is C12H17ClN2. The van der Waals surface area contributed by atoms with Crippen molar-refractivity contribution in [2.75, 3.05) is 0 Å². The van der Waals surface area contributed by atoms with Crippen LogP contribution in [0.1, 0.15) is 18.2 Å². The third-order valence-electron chi connectivity index (χ3n) is 2.46. The van der Waals surface area contributed by atoms with Crippen molar-refractivity contribution in [2.45, 2.75) is 26.3 Å². The van der Waals surface area contributed by atoms with Gasteiger partial charge in [0, 0.05) is 23.7 Å². The van der Waals surface area contributed by atoms with Gasteiger partial charge in [-0.15, -0.1) is 12.4 Å². The minimum absolute atomic E-state index is 0. The van der Waals surface area contributed by atoms with Crippen LogP contribution in [0.15, 0.2) is 24.3 Å². The third-order valence-corrected chi connectivity index (χ3v) is 2.46. The standard InChI is InChI=1S/C12H16N2.ClH/c1-8-4-3-5-10-7-11(6-9(2)13)14-12(8)10;/h3-5,7,9,14H,6,13H2,1-2H3;1H. The molecule has 1 aromatic heterocycles. The Balaban J connectivity index is 0.00000112. The summed E-state index contributed by atoms with van der Waals surface area (Å²) >= 11 is 0. The Labute approximate surface area is 96.3 Å². The number of rotatable bonds is 2. The van der Waals surface area contributed by atoms with Gasteiger partial charge in [0.2, 0.25) is 0 Å². The molecule has 2 aromatic rings. The molecule has 0 amide bonds. The van der Waals surface area contributed by atoms with Crippen LogP contribution < -0.4 is 5.73 Å². The first-order chi connectivity index (χ1) is 6.66. The summed E-state index contributed by atoms with van der Waals surface area (Å²) in [5, 5.41) is 1.28. The molecule has 1 aromatic carbocycles. The number of fused-ring (bicyclic) bond motifs is 1. The summed E-state index contributed by atoms with van der Waals surface area (Å²) in [5.41, 5.74) is 9.52. The van der Waals surface area contributed by atoms with E-state index < -0.39 is 0 Å². The third kappa shape index (κ3) is 2.52. The van der Waals surface area contributed by atoms with Crippen molar-refractivity contribution in [3.63, 3.8) is 0 Å². The van der Waals surface area contributed by atoms with Crippen LogP contribution in [-0.2, 0) is 6.42 Å². The zero-order valence-corrected chi connectivity index (χ0v) is 9.90. The quantitative estimate of drug-likeness (QED) is 0.810. The summed E-state index contributed by atoms with van der Waals surface area (Å²) in [6.45, 7) is 4.15. The minimum Gasteiger partial charge on any atom is -0.358 e. The highest BCUT2D eigenvalue weighted by Crippen LogP contribution is 2.19. The lowest BCUT2D eigenvalue weighted by Gasteiger charge is -2.00. The number of hydrogen-bond donors (Lipinski definition) is 2. The highest BCUT2D eigenvalue weighted by molar-refractivity contribution is 5.85. The van der Waals surface area contributed by atoms with Gasteiger partial charge in [0.1, 0.15) is 0 Å². The van der Waals surface area contributed by atoms with E-state index in [0.717, 1.165) is 6.42 Å². The van der Waals surface area contributed by atoms with Gasteiger partial charge in [-0.1, -0.05) is 18.2 Å². The molecule has 0 aliphatic carbocycles. The van der Waals surface area contributed by atoms with E-state index in [1.807, 2.05) is 6.92 Å². The Morgan fingerprint density at radius 1 is 1.40 bits per heavy atom. The molecule has 2 rings (SSSR count). The van der Waals surface area contributed by atoms with E-state index in [9.17, 15) is 0 Å². The predicted molar refractivity (Wildman–Crippen MR) is 67.6 cm³/mol. The van der Waals surface area contributed by atoms with E-state index in [2.05, 4.69) is 36.2 Å². The maximum atomic E-state index is 5.76. The van der Waals surface area contributed by atoms with Crippen molar-refractivity contribution in [1.82, 2.24) is 4.98 Å². The van der Waals surface area contributed by atoms with E-state index in [1.165, 1.54) is 22.2 Å². The molecular weight excluding hydrogens is 208 g/mol. The zero-order valence-electron chi connectivity index (χ0n) is 9.08. The van der Waals surface area contributed by atoms with Crippen LogP contribution in [0.4, 0.5) is 0 Å². The molecule has 82 valence electrons. The number of halogens is 1. The first-order valence-corrected chi connectivity index (χ1v) is 4.99. The van der Waals surface area contributed by atoms with Crippen molar-refractivity contribution < 1.29 is 0 Å². The largest absolute Gasteiger partial charge is 0.358 e. The van der Waals surface area contributed by atoms with E-state index in [1.54, 1.807) is 0 Å². The molecule has 1 heterocycles. The average Bonchev–Trinajstić information content (AvgIpc) is 2.47. The van der Waals surface area contributed by atoms with Crippen molar-refractivity contribution in [3.8, 4) is 0 Å². The lowest BCUT2D eigenvalue weighted by Crippen LogP contribution is -2.17. The van der Waals surface area contributed by atoms with Crippen LogP contribution in [0, 0.1) is 6.92 Å². The van der Waals surface area contributed by atoms with Gasteiger partial charge in [-0.05, 0) is 30.9 Å². The molecule has 3 N–H and O–H groups in total. The second-order valence-corrected chi connectivity index (χ2v) is 4.02. The Bertz CT molecular complexity index is 446. The number of para-hydroxylation sites is 1. The fourth-order valence-electron chi connectivity index (χ4n) is 1.82. The number of nitrogens with one attached hydrogen (secondary N) is 1. The summed E-state index contributed by atoms with van der Waals surface area (Å²) in [6.07, 6.45) is 0.911. The first-order valence-electron chi connectivity index (χ1n) is 4.99. The molecule has 0 radical (unpaired) electrons. The predicted octanol–water partition coefficient (Wildman–Crippen LogP) is 2.79. The SMILES string of the molecule is Cc1cccc2cc(CC(C)N)[nH]c12.Cl. The van der Waals surface area contributed by atoms with Gasteiger partial charge in [-0.3, -0.25) is 0 Å². The van der Waals surface area contributed by atoms with Gasteiger partial charge in [-0.2, -0.15) is 0 Å². The molecule has 15 heavy (non-hydrogen) atoms. The molecule has 0 saturated heterocycles. The van der Waals surface area contributed by atoms with Crippen molar-refractivity contribution >= 4 is 23.3 Å². The van der Waals surface area contributed by atoms with E-state index in [0.29, 0.717) is 0 Å². The van der Waals surface area contributed by atoms with Gasteiger partial charge in [-0.25, -0.2) is 0 Å². The topological polar surface area (TPSA) is 41.8 Å². The number of hydrogen-bond acceptors (Lipinski definition) is 1. The summed E-state index contributed by atoms with van der Waals surface area (Å²) in [7, 11) is 0. The summed E-state index contributed by atoms with van der Waals surface area (Å²) in [6, 6.07) is 8.73. The minimum atomic E-state index is 0. The van der Waals surface area contributed by atoms with Crippen LogP contribution in [0.2, 0.25) is 0 Å². The maximum absolute atomic E-state index is 5.76. The van der Waals surface area contributed by atoms with Gasteiger partial charge in [0.25, 0.3) is 0 Å². The molecule has 0 bridgehead atoms. The van der Waals surface area contributed by atoms with Crippen LogP contribution in [0.25, 0.3) is 10.9 Å². The molecule has 3 heteroatoms. The number of nitrogens with two attached hydrogens (primary N) is 1. The monoisotopic (exact) mass is 224 g/mol. The molecule has 1 atom stereocenters. The molecule has 0 spiro atoms. The van der Waals surface area contributed by atoms with E-state index in [4.69, 9.17) is 5.73 Å². The molecule has 0 aliphatic rings. The highest BCUT2D eigenvalue weighted by atomic mass is 35.5. The Morgan fingerprint density at radius 2 is 2.13 bits per heavy atom. The number of H-pyrrole nitrogens is 1. The summed E-state index contributed by atoms with van der Waals surface area (Å²) in [4.78, 5) is 3.42. The number of aryl methyl sites for hydroxylation is 1. The summed E-state index contributed by atoms with van der Waals surface area (Å²) in [5.74, 6) is 0. The van der Waals surface area contributed by atoms with Crippen molar-refractivity contribution in [3.05, 3.63) is 35.5 Å². The van der Waals surface area contributed by atoms with Crippen LogP contribution in [0.5, 0.6) is 0 Å². The van der Waals surface area contributed by atoms with E-state index in [-0.39, 0.29) is 18.4 Å². The molecule has 0 fully saturated rings. The zero-order chi connectivity index (χ0) is 10.1. The van der Waals surface area contributed by atoms with Crippen LogP contribution in [-0.4, -0.2) is 11.0 Å². The lowest BCUT2D eigenvalue weighted by molar-refractivity contribution is 0.727. The highest BCUT2D eigenvalue weighted by Gasteiger charge is 2.04. The molecule has 0 aliphatic heterocycles. The van der Waals surface area contributed by atoms with Crippen LogP contribution in [0.3, 0.4) is 0 Å². The van der Waals surface area contributed by atoms with Crippen LogP contribution >= 0.6 is 12.4 Å². The smallest absolute Gasteiger partial charge is 0.0485 e. The van der Waals surface area contributed by atoms with Gasteiger partial charge >= 0.3 is 0 Å². The molecule has 1 unspecified atom stereocenters. The Kier molecular flexibility index (Phi) is 3.77. The van der Waals surface area contributed by atoms with Crippen molar-refractivity contribution in [2.24, 2.45) is 5.73 Å². The normalized spacial score (nSPS) is 12.5. The lowest BCUT2D eigenvalue weighted by atomic mass is 10.1. The number of benzene rings is 1. The average molecular weight is 225 g/mol. The second kappa shape index (κ2) is 4.69. The van der Waals surface area contributed by atoms with Crippen molar-refractivity contribution in [1.29, 1.82) is 0 Å². The number of aromatic amines is 1. The fraction of sp³-hybridized carbons (Fsp3) is 0.333. The number of aromatic nitrogens is 1. The first kappa shape index (κ1) is 12.1. The Hall–Kier alpha value is -0.990. The molecule has 2 nitrogen and oxygen atoms in total. The maximum Gasteiger partial charge on any atom is 0.0485 e.